The summed E-state index contributed by atoms with van der Waals surface area (Å²) in [6.07, 6.45) is 6.92. The number of aromatic nitrogens is 4. The number of aryl methyl sites for hydroxylation is 3. The SMILES string of the molecule is CCc1cc(-c2ccc(C)c(C)c2)nn1CC(=O)N1CC=C(c2ncc(OC)cn2)CC1. The van der Waals surface area contributed by atoms with Crippen LogP contribution in [0.15, 0.2) is 42.7 Å². The smallest absolute Gasteiger partial charge is 0.244 e. The van der Waals surface area contributed by atoms with Crippen molar-refractivity contribution < 1.29 is 9.53 Å². The van der Waals surface area contributed by atoms with E-state index in [0.29, 0.717) is 24.7 Å². The predicted octanol–water partition coefficient (Wildman–Crippen LogP) is 3.84. The van der Waals surface area contributed by atoms with Gasteiger partial charge in [0, 0.05) is 24.3 Å². The molecule has 1 amide bonds. The molecule has 0 aliphatic carbocycles. The average Bonchev–Trinajstić information content (AvgIpc) is 3.23. The molecule has 7 heteroatoms. The molecular weight excluding hydrogens is 402 g/mol. The van der Waals surface area contributed by atoms with Crippen molar-refractivity contribution in [3.63, 3.8) is 0 Å². The van der Waals surface area contributed by atoms with Crippen molar-refractivity contribution in [3.05, 3.63) is 65.4 Å². The lowest BCUT2D eigenvalue weighted by Crippen LogP contribution is -2.37. The molecular formula is C25H29N5O2. The first-order valence-electron chi connectivity index (χ1n) is 11.0. The van der Waals surface area contributed by atoms with Crippen LogP contribution in [0.4, 0.5) is 0 Å². The van der Waals surface area contributed by atoms with E-state index in [1.165, 1.54) is 11.1 Å². The van der Waals surface area contributed by atoms with E-state index in [1.807, 2.05) is 15.7 Å². The molecule has 1 aliphatic heterocycles. The first-order valence-corrected chi connectivity index (χ1v) is 11.0. The fourth-order valence-corrected chi connectivity index (χ4v) is 3.83. The first kappa shape index (κ1) is 21.7. The second-order valence-electron chi connectivity index (χ2n) is 8.10. The zero-order valence-electron chi connectivity index (χ0n) is 19.1. The van der Waals surface area contributed by atoms with Crippen LogP contribution in [0, 0.1) is 13.8 Å². The molecule has 3 aromatic rings. The van der Waals surface area contributed by atoms with Gasteiger partial charge in [-0.15, -0.1) is 0 Å². The lowest BCUT2D eigenvalue weighted by atomic mass is 10.0. The quantitative estimate of drug-likeness (QED) is 0.593. The third-order valence-corrected chi connectivity index (χ3v) is 6.03. The molecule has 0 bridgehead atoms. The highest BCUT2D eigenvalue weighted by atomic mass is 16.5. The number of carbonyl (C=O) groups is 1. The Morgan fingerprint density at radius 3 is 2.53 bits per heavy atom. The van der Waals surface area contributed by atoms with Gasteiger partial charge in [0.25, 0.3) is 0 Å². The topological polar surface area (TPSA) is 73.1 Å². The molecule has 0 radical (unpaired) electrons. The summed E-state index contributed by atoms with van der Waals surface area (Å²) in [6, 6.07) is 8.45. The highest BCUT2D eigenvalue weighted by Crippen LogP contribution is 2.23. The van der Waals surface area contributed by atoms with Crippen molar-refractivity contribution in [1.82, 2.24) is 24.6 Å². The minimum absolute atomic E-state index is 0.0698. The number of hydrogen-bond acceptors (Lipinski definition) is 5. The van der Waals surface area contributed by atoms with Crippen molar-refractivity contribution in [3.8, 4) is 17.0 Å². The zero-order valence-corrected chi connectivity index (χ0v) is 19.1. The zero-order chi connectivity index (χ0) is 22.7. The van der Waals surface area contributed by atoms with Gasteiger partial charge in [-0.05, 0) is 55.5 Å². The molecule has 7 nitrogen and oxygen atoms in total. The van der Waals surface area contributed by atoms with Crippen molar-refractivity contribution in [2.24, 2.45) is 0 Å². The van der Waals surface area contributed by atoms with Crippen molar-refractivity contribution in [1.29, 1.82) is 0 Å². The Kier molecular flexibility index (Phi) is 6.35. The average molecular weight is 432 g/mol. The van der Waals surface area contributed by atoms with Crippen LogP contribution in [-0.2, 0) is 17.8 Å². The maximum Gasteiger partial charge on any atom is 0.244 e. The molecule has 0 saturated heterocycles. The summed E-state index contributed by atoms with van der Waals surface area (Å²) in [5.41, 5.74) is 6.61. The number of amides is 1. The summed E-state index contributed by atoms with van der Waals surface area (Å²) in [6.45, 7) is 7.74. The lowest BCUT2D eigenvalue weighted by molar-refractivity contribution is -0.131. The van der Waals surface area contributed by atoms with E-state index in [-0.39, 0.29) is 12.5 Å². The molecule has 166 valence electrons. The largest absolute Gasteiger partial charge is 0.494 e. The Bertz CT molecular complexity index is 1150. The Balaban J connectivity index is 1.45. The predicted molar refractivity (Wildman–Crippen MR) is 124 cm³/mol. The van der Waals surface area contributed by atoms with E-state index in [1.54, 1.807) is 19.5 Å². The number of benzene rings is 1. The third-order valence-electron chi connectivity index (χ3n) is 6.03. The number of ether oxygens (including phenoxy) is 1. The number of nitrogens with zero attached hydrogens (tertiary/aromatic N) is 5. The molecule has 4 rings (SSSR count). The van der Waals surface area contributed by atoms with Crippen LogP contribution in [0.3, 0.4) is 0 Å². The number of hydrogen-bond donors (Lipinski definition) is 0. The second-order valence-corrected chi connectivity index (χ2v) is 8.10. The van der Waals surface area contributed by atoms with Crippen LogP contribution in [0.25, 0.3) is 16.8 Å². The summed E-state index contributed by atoms with van der Waals surface area (Å²) in [5, 5.41) is 4.76. The first-order chi connectivity index (χ1) is 15.5. The molecule has 2 aromatic heterocycles. The molecule has 32 heavy (non-hydrogen) atoms. The van der Waals surface area contributed by atoms with Crippen LogP contribution in [0.1, 0.15) is 36.0 Å². The van der Waals surface area contributed by atoms with E-state index in [0.717, 1.165) is 35.4 Å². The van der Waals surface area contributed by atoms with E-state index >= 15 is 0 Å². The molecule has 3 heterocycles. The monoisotopic (exact) mass is 431 g/mol. The summed E-state index contributed by atoms with van der Waals surface area (Å²) in [7, 11) is 1.59. The van der Waals surface area contributed by atoms with Crippen molar-refractivity contribution >= 4 is 11.5 Å². The molecule has 0 atom stereocenters. The van der Waals surface area contributed by atoms with Crippen LogP contribution < -0.4 is 4.74 Å². The molecule has 0 N–H and O–H groups in total. The highest BCUT2D eigenvalue weighted by molar-refractivity contribution is 5.78. The Morgan fingerprint density at radius 1 is 1.12 bits per heavy atom. The van der Waals surface area contributed by atoms with Gasteiger partial charge in [-0.25, -0.2) is 9.97 Å². The Morgan fingerprint density at radius 2 is 1.91 bits per heavy atom. The van der Waals surface area contributed by atoms with Gasteiger partial charge >= 0.3 is 0 Å². The summed E-state index contributed by atoms with van der Waals surface area (Å²) in [4.78, 5) is 23.6. The number of rotatable bonds is 6. The summed E-state index contributed by atoms with van der Waals surface area (Å²) in [5.74, 6) is 1.39. The van der Waals surface area contributed by atoms with Gasteiger partial charge in [0.1, 0.15) is 6.54 Å². The maximum atomic E-state index is 13.0. The molecule has 0 spiro atoms. The van der Waals surface area contributed by atoms with E-state index < -0.39 is 0 Å². The lowest BCUT2D eigenvalue weighted by Gasteiger charge is -2.26. The maximum absolute atomic E-state index is 13.0. The molecule has 1 aromatic carbocycles. The van der Waals surface area contributed by atoms with Gasteiger partial charge in [0.15, 0.2) is 11.6 Å². The Labute approximate surface area is 188 Å². The minimum Gasteiger partial charge on any atom is -0.494 e. The van der Waals surface area contributed by atoms with Gasteiger partial charge < -0.3 is 9.64 Å². The number of methoxy groups -OCH3 is 1. The molecule has 0 fully saturated rings. The molecule has 0 saturated carbocycles. The Hall–Kier alpha value is -3.48. The van der Waals surface area contributed by atoms with E-state index in [2.05, 4.69) is 55.0 Å². The summed E-state index contributed by atoms with van der Waals surface area (Å²) >= 11 is 0. The fraction of sp³-hybridized carbons (Fsp3) is 0.360. The number of carbonyl (C=O) groups excluding carboxylic acids is 1. The summed E-state index contributed by atoms with van der Waals surface area (Å²) < 4.78 is 6.96. The van der Waals surface area contributed by atoms with Crippen LogP contribution >= 0.6 is 0 Å². The minimum atomic E-state index is 0.0698. The van der Waals surface area contributed by atoms with Crippen LogP contribution in [0.2, 0.25) is 0 Å². The van der Waals surface area contributed by atoms with E-state index in [4.69, 9.17) is 9.84 Å². The van der Waals surface area contributed by atoms with Crippen molar-refractivity contribution in [2.75, 3.05) is 20.2 Å². The second kappa shape index (κ2) is 9.34. The standard InChI is InChI=1S/C25H29N5O2/c1-5-21-13-23(20-7-6-17(2)18(3)12-20)28-30(21)16-24(31)29-10-8-19(9-11-29)25-26-14-22(32-4)15-27-25/h6-8,12-15H,5,9-11,16H2,1-4H3. The van der Waals surface area contributed by atoms with E-state index in [9.17, 15) is 4.79 Å². The van der Waals surface area contributed by atoms with Crippen molar-refractivity contribution in [2.45, 2.75) is 40.2 Å². The highest BCUT2D eigenvalue weighted by Gasteiger charge is 2.21. The normalized spacial score (nSPS) is 13.8. The van der Waals surface area contributed by atoms with Crippen LogP contribution in [0.5, 0.6) is 5.75 Å². The van der Waals surface area contributed by atoms with Gasteiger partial charge in [-0.2, -0.15) is 5.10 Å². The van der Waals surface area contributed by atoms with Gasteiger partial charge in [0.05, 0.1) is 25.2 Å². The fourth-order valence-electron chi connectivity index (χ4n) is 3.83. The van der Waals surface area contributed by atoms with Gasteiger partial charge in [0.2, 0.25) is 5.91 Å². The molecule has 0 unspecified atom stereocenters. The van der Waals surface area contributed by atoms with Gasteiger partial charge in [-0.1, -0.05) is 25.1 Å². The van der Waals surface area contributed by atoms with Gasteiger partial charge in [-0.3, -0.25) is 9.48 Å². The third kappa shape index (κ3) is 4.56. The molecule has 1 aliphatic rings. The van der Waals surface area contributed by atoms with Crippen LogP contribution in [-0.4, -0.2) is 50.8 Å².